The summed E-state index contributed by atoms with van der Waals surface area (Å²) in [5.41, 5.74) is 4.93. The molecule has 0 bridgehead atoms. The van der Waals surface area contributed by atoms with E-state index < -0.39 is 8.32 Å². The molecule has 39 heavy (non-hydrogen) atoms. The van der Waals surface area contributed by atoms with Gasteiger partial charge in [-0.3, -0.25) is 9.78 Å². The molecule has 0 aliphatic carbocycles. The van der Waals surface area contributed by atoms with Crippen molar-refractivity contribution >= 4 is 36.6 Å². The van der Waals surface area contributed by atoms with Crippen LogP contribution in [0.4, 0.5) is 11.4 Å². The van der Waals surface area contributed by atoms with E-state index in [9.17, 15) is 4.79 Å². The number of fused-ring (bicyclic) bond motifs is 1. The van der Waals surface area contributed by atoms with Crippen LogP contribution in [-0.2, 0) is 4.43 Å². The van der Waals surface area contributed by atoms with Gasteiger partial charge in [-0.05, 0) is 68.0 Å². The van der Waals surface area contributed by atoms with Gasteiger partial charge in [0.05, 0.1) is 30.9 Å². The molecule has 1 aliphatic heterocycles. The molecule has 1 saturated heterocycles. The Kier molecular flexibility index (Phi) is 8.63. The first kappa shape index (κ1) is 29.0. The van der Waals surface area contributed by atoms with Crippen molar-refractivity contribution in [2.45, 2.75) is 45.8 Å². The van der Waals surface area contributed by atoms with E-state index in [4.69, 9.17) is 14.1 Å². The van der Waals surface area contributed by atoms with Crippen molar-refractivity contribution in [3.05, 3.63) is 53.9 Å². The molecule has 0 unspecified atom stereocenters. The molecular formula is C30H43N5O3Si. The number of amides is 1. The van der Waals surface area contributed by atoms with E-state index in [1.807, 2.05) is 29.2 Å². The minimum absolute atomic E-state index is 0.0639. The first-order valence-corrected chi connectivity index (χ1v) is 16.6. The SMILES string of the molecule is COc1cc(C)cc(N(CCO[Si](C)(C)C(C)(C)C)c2ccc3ncc(C(=O)N4CCN(C)CC4)nc3c2)c1. The number of aromatic nitrogens is 2. The van der Waals surface area contributed by atoms with E-state index in [-0.39, 0.29) is 10.9 Å². The number of likely N-dealkylation sites (N-methyl/N-ethyl adjacent to an activating group) is 1. The van der Waals surface area contributed by atoms with Crippen LogP contribution in [0.15, 0.2) is 42.6 Å². The van der Waals surface area contributed by atoms with Gasteiger partial charge in [-0.1, -0.05) is 20.8 Å². The van der Waals surface area contributed by atoms with Crippen molar-refractivity contribution < 1.29 is 14.0 Å². The highest BCUT2D eigenvalue weighted by Crippen LogP contribution is 2.37. The van der Waals surface area contributed by atoms with Crippen LogP contribution >= 0.6 is 0 Å². The molecule has 0 N–H and O–H groups in total. The number of benzene rings is 2. The van der Waals surface area contributed by atoms with Crippen LogP contribution < -0.4 is 9.64 Å². The summed E-state index contributed by atoms with van der Waals surface area (Å²) in [5.74, 6) is 0.743. The monoisotopic (exact) mass is 549 g/mol. The Bertz CT molecular complexity index is 1320. The van der Waals surface area contributed by atoms with Gasteiger partial charge in [0, 0.05) is 50.2 Å². The minimum atomic E-state index is -1.91. The van der Waals surface area contributed by atoms with Crippen LogP contribution in [0.25, 0.3) is 11.0 Å². The summed E-state index contributed by atoms with van der Waals surface area (Å²) in [6.45, 7) is 17.8. The third kappa shape index (κ3) is 6.77. The predicted molar refractivity (Wildman–Crippen MR) is 161 cm³/mol. The zero-order chi connectivity index (χ0) is 28.4. The van der Waals surface area contributed by atoms with Crippen LogP contribution in [0, 0.1) is 6.92 Å². The largest absolute Gasteiger partial charge is 0.497 e. The maximum Gasteiger partial charge on any atom is 0.274 e. The normalized spacial score (nSPS) is 15.0. The van der Waals surface area contributed by atoms with E-state index in [0.717, 1.165) is 41.3 Å². The number of ether oxygens (including phenoxy) is 1. The van der Waals surface area contributed by atoms with E-state index in [1.165, 1.54) is 0 Å². The van der Waals surface area contributed by atoms with Gasteiger partial charge >= 0.3 is 0 Å². The summed E-state index contributed by atoms with van der Waals surface area (Å²) in [6.07, 6.45) is 1.60. The van der Waals surface area contributed by atoms with Crippen molar-refractivity contribution in [1.29, 1.82) is 0 Å². The molecule has 210 valence electrons. The van der Waals surface area contributed by atoms with Crippen LogP contribution in [0.2, 0.25) is 18.1 Å². The molecule has 1 aromatic heterocycles. The van der Waals surface area contributed by atoms with Crippen molar-refractivity contribution in [3.63, 3.8) is 0 Å². The number of nitrogens with zero attached hydrogens (tertiary/aromatic N) is 5. The molecule has 2 aromatic carbocycles. The molecule has 0 saturated carbocycles. The fraction of sp³-hybridized carbons (Fsp3) is 0.500. The number of methoxy groups -OCH3 is 1. The average molecular weight is 550 g/mol. The van der Waals surface area contributed by atoms with Gasteiger partial charge in [-0.25, -0.2) is 4.98 Å². The maximum absolute atomic E-state index is 13.2. The summed E-state index contributed by atoms with van der Waals surface area (Å²) in [7, 11) is 1.86. The third-order valence-corrected chi connectivity index (χ3v) is 12.6. The third-order valence-electron chi connectivity index (χ3n) is 8.01. The Morgan fingerprint density at radius 2 is 1.74 bits per heavy atom. The molecule has 0 radical (unpaired) electrons. The number of piperazine rings is 1. The number of hydrogen-bond donors (Lipinski definition) is 0. The second kappa shape index (κ2) is 11.6. The average Bonchev–Trinajstić information content (AvgIpc) is 2.89. The van der Waals surface area contributed by atoms with Crippen LogP contribution in [0.3, 0.4) is 0 Å². The Morgan fingerprint density at radius 3 is 2.41 bits per heavy atom. The number of hydrogen-bond acceptors (Lipinski definition) is 7. The molecule has 0 atom stereocenters. The van der Waals surface area contributed by atoms with Gasteiger partial charge in [0.1, 0.15) is 11.4 Å². The standard InChI is InChI=1S/C30H43N5O3Si/c1-22-17-24(19-25(18-22)37-6)35(15-16-38-39(7,8)30(2,3)4)23-9-10-26-27(20-23)32-28(21-31-26)29(36)34-13-11-33(5)12-14-34/h9-10,17-21H,11-16H2,1-8H3. The first-order chi connectivity index (χ1) is 18.4. The summed E-state index contributed by atoms with van der Waals surface area (Å²) < 4.78 is 12.1. The van der Waals surface area contributed by atoms with Gasteiger partial charge < -0.3 is 23.9 Å². The number of carbonyl (C=O) groups is 1. The molecule has 8 nitrogen and oxygen atoms in total. The van der Waals surface area contributed by atoms with Gasteiger partial charge in [0.25, 0.3) is 5.91 Å². The Morgan fingerprint density at radius 1 is 1.03 bits per heavy atom. The van der Waals surface area contributed by atoms with Crippen LogP contribution in [0.1, 0.15) is 36.8 Å². The molecular weight excluding hydrogens is 506 g/mol. The van der Waals surface area contributed by atoms with Crippen LogP contribution in [-0.4, -0.2) is 87.5 Å². The van der Waals surface area contributed by atoms with E-state index in [1.54, 1.807) is 13.3 Å². The van der Waals surface area contributed by atoms with Crippen molar-refractivity contribution in [2.75, 3.05) is 58.4 Å². The van der Waals surface area contributed by atoms with Crippen molar-refractivity contribution in [1.82, 2.24) is 19.8 Å². The Balaban J connectivity index is 1.66. The lowest BCUT2D eigenvalue weighted by molar-refractivity contribution is 0.0658. The lowest BCUT2D eigenvalue weighted by Crippen LogP contribution is -2.47. The topological polar surface area (TPSA) is 71.0 Å². The molecule has 2 heterocycles. The Hall–Kier alpha value is -3.01. The fourth-order valence-electron chi connectivity index (χ4n) is 4.46. The Labute approximate surface area is 234 Å². The number of rotatable bonds is 8. The fourth-order valence-corrected chi connectivity index (χ4v) is 5.49. The second-order valence-corrected chi connectivity index (χ2v) is 16.8. The van der Waals surface area contributed by atoms with Gasteiger partial charge in [0.2, 0.25) is 0 Å². The number of anilines is 2. The molecule has 1 amide bonds. The summed E-state index contributed by atoms with van der Waals surface area (Å²) in [6, 6.07) is 12.3. The van der Waals surface area contributed by atoms with Crippen molar-refractivity contribution in [3.8, 4) is 5.75 Å². The highest BCUT2D eigenvalue weighted by atomic mass is 28.4. The van der Waals surface area contributed by atoms with E-state index >= 15 is 0 Å². The highest BCUT2D eigenvalue weighted by molar-refractivity contribution is 6.74. The molecule has 9 heteroatoms. The van der Waals surface area contributed by atoms with Gasteiger partial charge in [-0.2, -0.15) is 0 Å². The lowest BCUT2D eigenvalue weighted by Gasteiger charge is -2.37. The zero-order valence-corrected chi connectivity index (χ0v) is 25.7. The molecule has 3 aromatic rings. The maximum atomic E-state index is 13.2. The second-order valence-electron chi connectivity index (χ2n) is 12.0. The summed E-state index contributed by atoms with van der Waals surface area (Å²) in [4.78, 5) is 28.8. The first-order valence-electron chi connectivity index (χ1n) is 13.7. The van der Waals surface area contributed by atoms with Crippen molar-refractivity contribution in [2.24, 2.45) is 0 Å². The molecule has 0 spiro atoms. The van der Waals surface area contributed by atoms with E-state index in [0.29, 0.717) is 37.5 Å². The smallest absolute Gasteiger partial charge is 0.274 e. The highest BCUT2D eigenvalue weighted by Gasteiger charge is 2.37. The summed E-state index contributed by atoms with van der Waals surface area (Å²) >= 11 is 0. The lowest BCUT2D eigenvalue weighted by atomic mass is 10.1. The quantitative estimate of drug-likeness (QED) is 0.344. The zero-order valence-electron chi connectivity index (χ0n) is 24.7. The number of carbonyl (C=O) groups excluding carboxylic acids is 1. The van der Waals surface area contributed by atoms with Crippen LogP contribution in [0.5, 0.6) is 5.75 Å². The minimum Gasteiger partial charge on any atom is -0.497 e. The molecule has 1 fully saturated rings. The number of aryl methyl sites for hydroxylation is 1. The van der Waals surface area contributed by atoms with E-state index in [2.05, 4.69) is 74.8 Å². The molecule has 4 rings (SSSR count). The molecule has 1 aliphatic rings. The predicted octanol–water partition coefficient (Wildman–Crippen LogP) is 5.49. The summed E-state index contributed by atoms with van der Waals surface area (Å²) in [5, 5.41) is 0.135. The van der Waals surface area contributed by atoms with Gasteiger partial charge in [-0.15, -0.1) is 0 Å². The van der Waals surface area contributed by atoms with Gasteiger partial charge in [0.15, 0.2) is 8.32 Å².